The Morgan fingerprint density at radius 2 is 1.76 bits per heavy atom. The number of hydrogen-bond acceptors (Lipinski definition) is 3. The number of furan rings is 1. The van der Waals surface area contributed by atoms with Crippen LogP contribution >= 0.6 is 23.2 Å². The Morgan fingerprint density at radius 3 is 2.44 bits per heavy atom. The van der Waals surface area contributed by atoms with E-state index < -0.39 is 5.91 Å². The summed E-state index contributed by atoms with van der Waals surface area (Å²) in [5.74, 6) is -0.588. The average molecular weight is 381 g/mol. The van der Waals surface area contributed by atoms with E-state index in [0.29, 0.717) is 16.3 Å². The van der Waals surface area contributed by atoms with Crippen molar-refractivity contribution >= 4 is 40.7 Å². The minimum atomic E-state index is -0.451. The van der Waals surface area contributed by atoms with Gasteiger partial charge < -0.3 is 15.1 Å². The molecule has 0 aliphatic heterocycles. The number of rotatable bonds is 4. The fourth-order valence-electron chi connectivity index (χ4n) is 2.92. The number of benzene rings is 1. The van der Waals surface area contributed by atoms with Crippen molar-refractivity contribution in [3.63, 3.8) is 0 Å². The van der Waals surface area contributed by atoms with Gasteiger partial charge in [0.2, 0.25) is 0 Å². The molecule has 1 aliphatic rings. The highest BCUT2D eigenvalue weighted by Crippen LogP contribution is 2.23. The van der Waals surface area contributed by atoms with E-state index >= 15 is 0 Å². The first kappa shape index (κ1) is 17.8. The van der Waals surface area contributed by atoms with E-state index in [9.17, 15) is 9.59 Å². The highest BCUT2D eigenvalue weighted by atomic mass is 35.5. The van der Waals surface area contributed by atoms with Gasteiger partial charge in [0.15, 0.2) is 11.0 Å². The smallest absolute Gasteiger partial charge is 0.291 e. The molecule has 132 valence electrons. The predicted molar refractivity (Wildman–Crippen MR) is 97.5 cm³/mol. The van der Waals surface area contributed by atoms with Gasteiger partial charge in [-0.3, -0.25) is 9.59 Å². The van der Waals surface area contributed by atoms with E-state index in [1.165, 1.54) is 18.6 Å². The van der Waals surface area contributed by atoms with Gasteiger partial charge in [-0.05, 0) is 54.8 Å². The molecule has 0 bridgehead atoms. The maximum absolute atomic E-state index is 12.5. The van der Waals surface area contributed by atoms with Crippen LogP contribution in [0.2, 0.25) is 10.2 Å². The van der Waals surface area contributed by atoms with Crippen LogP contribution in [0.3, 0.4) is 0 Å². The van der Waals surface area contributed by atoms with Gasteiger partial charge in [-0.1, -0.05) is 30.9 Å². The third-order valence-electron chi connectivity index (χ3n) is 4.21. The summed E-state index contributed by atoms with van der Waals surface area (Å²) in [5.41, 5.74) is 0.790. The summed E-state index contributed by atoms with van der Waals surface area (Å²) in [6.07, 6.45) is 5.44. The van der Waals surface area contributed by atoms with Crippen molar-refractivity contribution in [3.8, 4) is 0 Å². The molecule has 2 aromatic rings. The van der Waals surface area contributed by atoms with Gasteiger partial charge in [0.25, 0.3) is 11.8 Å². The SMILES string of the molecule is O=C(Nc1ccc(Cl)c(C(=O)NC2CCCCC2)c1)c1ccc(Cl)o1. The topological polar surface area (TPSA) is 71.3 Å². The van der Waals surface area contributed by atoms with Crippen molar-refractivity contribution in [1.82, 2.24) is 5.32 Å². The number of hydrogen-bond donors (Lipinski definition) is 2. The fourth-order valence-corrected chi connectivity index (χ4v) is 3.27. The van der Waals surface area contributed by atoms with Crippen LogP contribution in [-0.2, 0) is 0 Å². The molecule has 1 saturated carbocycles. The van der Waals surface area contributed by atoms with Crippen LogP contribution in [0.4, 0.5) is 5.69 Å². The van der Waals surface area contributed by atoms with Crippen molar-refractivity contribution in [2.24, 2.45) is 0 Å². The molecule has 1 aromatic carbocycles. The molecule has 2 amide bonds. The molecule has 2 N–H and O–H groups in total. The molecule has 1 aliphatic carbocycles. The molecule has 0 saturated heterocycles. The zero-order valence-electron chi connectivity index (χ0n) is 13.5. The van der Waals surface area contributed by atoms with E-state index in [1.54, 1.807) is 18.2 Å². The highest BCUT2D eigenvalue weighted by Gasteiger charge is 2.19. The molecular formula is C18H18Cl2N2O3. The molecule has 7 heteroatoms. The summed E-state index contributed by atoms with van der Waals surface area (Å²) in [7, 11) is 0. The molecule has 1 aromatic heterocycles. The zero-order chi connectivity index (χ0) is 17.8. The van der Waals surface area contributed by atoms with Gasteiger partial charge in [-0.2, -0.15) is 0 Å². The second-order valence-electron chi connectivity index (χ2n) is 6.06. The zero-order valence-corrected chi connectivity index (χ0v) is 15.0. The lowest BCUT2D eigenvalue weighted by Crippen LogP contribution is -2.36. The maximum Gasteiger partial charge on any atom is 0.291 e. The van der Waals surface area contributed by atoms with Crippen molar-refractivity contribution in [1.29, 1.82) is 0 Å². The first-order valence-corrected chi connectivity index (χ1v) is 8.95. The Labute approximate surface area is 155 Å². The first-order chi connectivity index (χ1) is 12.0. The van der Waals surface area contributed by atoms with Gasteiger partial charge in [0.1, 0.15) is 0 Å². The lowest BCUT2D eigenvalue weighted by molar-refractivity contribution is 0.0926. The van der Waals surface area contributed by atoms with Gasteiger partial charge >= 0.3 is 0 Å². The van der Waals surface area contributed by atoms with Gasteiger partial charge in [0, 0.05) is 11.7 Å². The van der Waals surface area contributed by atoms with Gasteiger partial charge in [-0.25, -0.2) is 0 Å². The van der Waals surface area contributed by atoms with E-state index in [0.717, 1.165) is 25.7 Å². The van der Waals surface area contributed by atoms with E-state index in [-0.39, 0.29) is 22.9 Å². The second kappa shape index (κ2) is 7.93. The molecule has 25 heavy (non-hydrogen) atoms. The number of anilines is 1. The largest absolute Gasteiger partial charge is 0.440 e. The molecule has 5 nitrogen and oxygen atoms in total. The quantitative estimate of drug-likeness (QED) is 0.791. The minimum absolute atomic E-state index is 0.0909. The van der Waals surface area contributed by atoms with E-state index in [4.69, 9.17) is 27.6 Å². The minimum Gasteiger partial charge on any atom is -0.440 e. The predicted octanol–water partition coefficient (Wildman–Crippen LogP) is 4.90. The molecule has 3 rings (SSSR count). The molecule has 0 atom stereocenters. The number of carbonyl (C=O) groups excluding carboxylic acids is 2. The summed E-state index contributed by atoms with van der Waals surface area (Å²) < 4.78 is 5.07. The lowest BCUT2D eigenvalue weighted by Gasteiger charge is -2.23. The van der Waals surface area contributed by atoms with Crippen molar-refractivity contribution in [2.45, 2.75) is 38.1 Å². The molecular weight excluding hydrogens is 363 g/mol. The fraction of sp³-hybridized carbons (Fsp3) is 0.333. The van der Waals surface area contributed by atoms with Crippen LogP contribution < -0.4 is 10.6 Å². The molecule has 0 radical (unpaired) electrons. The van der Waals surface area contributed by atoms with Crippen LogP contribution in [0.25, 0.3) is 0 Å². The number of nitrogens with one attached hydrogen (secondary N) is 2. The third-order valence-corrected chi connectivity index (χ3v) is 4.74. The number of amides is 2. The van der Waals surface area contributed by atoms with Crippen LogP contribution in [-0.4, -0.2) is 17.9 Å². The monoisotopic (exact) mass is 380 g/mol. The molecule has 0 spiro atoms. The molecule has 0 unspecified atom stereocenters. The Hall–Kier alpha value is -1.98. The summed E-state index contributed by atoms with van der Waals surface area (Å²) in [5, 5.41) is 6.16. The Balaban J connectivity index is 1.71. The average Bonchev–Trinajstić information content (AvgIpc) is 3.04. The summed E-state index contributed by atoms with van der Waals surface area (Å²) in [6.45, 7) is 0. The standard InChI is InChI=1S/C18H18Cl2N2O3/c19-14-7-6-12(22-18(24)15-8-9-16(20)25-15)10-13(14)17(23)21-11-4-2-1-3-5-11/h6-11H,1-5H2,(H,21,23)(H,22,24). The summed E-state index contributed by atoms with van der Waals surface area (Å²) >= 11 is 11.8. The number of halogens is 2. The van der Waals surface area contributed by atoms with Crippen molar-refractivity contribution in [3.05, 3.63) is 51.9 Å². The maximum atomic E-state index is 12.5. The third kappa shape index (κ3) is 4.55. The van der Waals surface area contributed by atoms with Crippen LogP contribution in [0.15, 0.2) is 34.7 Å². The Bertz CT molecular complexity index is 782. The Kier molecular flexibility index (Phi) is 5.66. The Morgan fingerprint density at radius 1 is 1.00 bits per heavy atom. The normalized spacial score (nSPS) is 15.0. The second-order valence-corrected chi connectivity index (χ2v) is 6.84. The van der Waals surface area contributed by atoms with Gasteiger partial charge in [-0.15, -0.1) is 0 Å². The summed E-state index contributed by atoms with van der Waals surface area (Å²) in [6, 6.07) is 7.92. The van der Waals surface area contributed by atoms with Crippen LogP contribution in [0, 0.1) is 0 Å². The summed E-state index contributed by atoms with van der Waals surface area (Å²) in [4.78, 5) is 24.6. The molecule has 1 heterocycles. The van der Waals surface area contributed by atoms with Crippen molar-refractivity contribution < 1.29 is 14.0 Å². The van der Waals surface area contributed by atoms with Crippen LogP contribution in [0.5, 0.6) is 0 Å². The van der Waals surface area contributed by atoms with E-state index in [1.807, 2.05) is 0 Å². The highest BCUT2D eigenvalue weighted by molar-refractivity contribution is 6.34. The number of carbonyl (C=O) groups is 2. The lowest BCUT2D eigenvalue weighted by atomic mass is 9.95. The first-order valence-electron chi connectivity index (χ1n) is 8.20. The molecule has 1 fully saturated rings. The van der Waals surface area contributed by atoms with Crippen LogP contribution in [0.1, 0.15) is 53.0 Å². The van der Waals surface area contributed by atoms with Gasteiger partial charge in [0.05, 0.1) is 10.6 Å². The van der Waals surface area contributed by atoms with Crippen molar-refractivity contribution in [2.75, 3.05) is 5.32 Å². The van der Waals surface area contributed by atoms with E-state index in [2.05, 4.69) is 10.6 Å².